The third kappa shape index (κ3) is 3.95. The standard InChI is InChI=1S/C11H25N3/c1-10-9-14(8-7-13(3)4)11(2)5-6-12-10/h10-12H,5-9H2,1-4H3. The average Bonchev–Trinajstić information content (AvgIpc) is 2.25. The van der Waals surface area contributed by atoms with Crippen LogP contribution in [-0.2, 0) is 0 Å². The van der Waals surface area contributed by atoms with E-state index < -0.39 is 0 Å². The van der Waals surface area contributed by atoms with Gasteiger partial charge in [0.15, 0.2) is 0 Å². The number of hydrogen-bond acceptors (Lipinski definition) is 3. The Morgan fingerprint density at radius 2 is 2.07 bits per heavy atom. The van der Waals surface area contributed by atoms with E-state index in [2.05, 4.69) is 43.1 Å². The zero-order valence-electron chi connectivity index (χ0n) is 10.1. The molecule has 0 bridgehead atoms. The van der Waals surface area contributed by atoms with Crippen LogP contribution in [0.2, 0.25) is 0 Å². The molecule has 0 aromatic rings. The highest BCUT2D eigenvalue weighted by Gasteiger charge is 2.19. The predicted molar refractivity (Wildman–Crippen MR) is 61.7 cm³/mol. The van der Waals surface area contributed by atoms with E-state index >= 15 is 0 Å². The minimum Gasteiger partial charge on any atom is -0.313 e. The fourth-order valence-electron chi connectivity index (χ4n) is 1.96. The maximum atomic E-state index is 3.54. The van der Waals surface area contributed by atoms with Gasteiger partial charge in [-0.25, -0.2) is 0 Å². The second kappa shape index (κ2) is 5.69. The molecule has 0 spiro atoms. The lowest BCUT2D eigenvalue weighted by Gasteiger charge is -2.29. The molecule has 3 nitrogen and oxygen atoms in total. The van der Waals surface area contributed by atoms with Gasteiger partial charge in [0.1, 0.15) is 0 Å². The largest absolute Gasteiger partial charge is 0.313 e. The van der Waals surface area contributed by atoms with E-state index in [-0.39, 0.29) is 0 Å². The number of nitrogens with zero attached hydrogens (tertiary/aromatic N) is 2. The van der Waals surface area contributed by atoms with Crippen LogP contribution in [0.4, 0.5) is 0 Å². The molecule has 0 amide bonds. The quantitative estimate of drug-likeness (QED) is 0.719. The summed E-state index contributed by atoms with van der Waals surface area (Å²) in [6.45, 7) is 9.34. The lowest BCUT2D eigenvalue weighted by atomic mass is 10.2. The Kier molecular flexibility index (Phi) is 4.85. The van der Waals surface area contributed by atoms with Crippen LogP contribution >= 0.6 is 0 Å². The van der Waals surface area contributed by atoms with E-state index in [0.717, 1.165) is 12.6 Å². The Hall–Kier alpha value is -0.120. The van der Waals surface area contributed by atoms with Gasteiger partial charge in [0, 0.05) is 31.7 Å². The number of nitrogens with one attached hydrogen (secondary N) is 1. The van der Waals surface area contributed by atoms with Crippen molar-refractivity contribution in [2.75, 3.05) is 40.3 Å². The van der Waals surface area contributed by atoms with Crippen LogP contribution in [0, 0.1) is 0 Å². The molecule has 14 heavy (non-hydrogen) atoms. The molecule has 1 saturated heterocycles. The van der Waals surface area contributed by atoms with Gasteiger partial charge >= 0.3 is 0 Å². The van der Waals surface area contributed by atoms with Crippen molar-refractivity contribution in [2.45, 2.75) is 32.4 Å². The third-order valence-electron chi connectivity index (χ3n) is 3.02. The first kappa shape index (κ1) is 12.0. The molecule has 1 heterocycles. The van der Waals surface area contributed by atoms with Crippen LogP contribution in [-0.4, -0.2) is 62.2 Å². The summed E-state index contributed by atoms with van der Waals surface area (Å²) in [5.41, 5.74) is 0. The SMILES string of the molecule is CC1CN(CCN(C)C)C(C)CCN1. The summed E-state index contributed by atoms with van der Waals surface area (Å²) in [4.78, 5) is 4.86. The molecular weight excluding hydrogens is 174 g/mol. The molecule has 2 unspecified atom stereocenters. The molecular formula is C11H25N3. The lowest BCUT2D eigenvalue weighted by molar-refractivity contribution is 0.188. The van der Waals surface area contributed by atoms with Crippen molar-refractivity contribution in [3.8, 4) is 0 Å². The second-order valence-corrected chi connectivity index (χ2v) is 4.79. The summed E-state index contributed by atoms with van der Waals surface area (Å²) < 4.78 is 0. The summed E-state index contributed by atoms with van der Waals surface area (Å²) in [5, 5.41) is 3.54. The van der Waals surface area contributed by atoms with E-state index in [1.165, 1.54) is 26.1 Å². The fourth-order valence-corrected chi connectivity index (χ4v) is 1.96. The molecule has 0 aromatic heterocycles. The number of likely N-dealkylation sites (N-methyl/N-ethyl adjacent to an activating group) is 1. The van der Waals surface area contributed by atoms with E-state index in [4.69, 9.17) is 0 Å². The van der Waals surface area contributed by atoms with E-state index in [1.807, 2.05) is 0 Å². The maximum absolute atomic E-state index is 3.54. The Bertz CT molecular complexity index is 159. The van der Waals surface area contributed by atoms with Crippen LogP contribution < -0.4 is 5.32 Å². The summed E-state index contributed by atoms with van der Waals surface area (Å²) in [6, 6.07) is 1.37. The molecule has 2 atom stereocenters. The van der Waals surface area contributed by atoms with Crippen molar-refractivity contribution >= 4 is 0 Å². The smallest absolute Gasteiger partial charge is 0.0166 e. The third-order valence-corrected chi connectivity index (χ3v) is 3.02. The van der Waals surface area contributed by atoms with Crippen LogP contribution in [0.15, 0.2) is 0 Å². The van der Waals surface area contributed by atoms with E-state index in [1.54, 1.807) is 0 Å². The fraction of sp³-hybridized carbons (Fsp3) is 1.00. The average molecular weight is 199 g/mol. The Morgan fingerprint density at radius 1 is 1.36 bits per heavy atom. The first-order valence-corrected chi connectivity index (χ1v) is 5.71. The van der Waals surface area contributed by atoms with Gasteiger partial charge in [0.2, 0.25) is 0 Å². The normalized spacial score (nSPS) is 30.6. The van der Waals surface area contributed by atoms with Gasteiger partial charge in [0.05, 0.1) is 0 Å². The minimum absolute atomic E-state index is 0.641. The second-order valence-electron chi connectivity index (χ2n) is 4.79. The Morgan fingerprint density at radius 3 is 2.71 bits per heavy atom. The van der Waals surface area contributed by atoms with Crippen molar-refractivity contribution in [2.24, 2.45) is 0 Å². The molecule has 1 aliphatic rings. The lowest BCUT2D eigenvalue weighted by Crippen LogP contribution is -2.41. The molecule has 1 N–H and O–H groups in total. The monoisotopic (exact) mass is 199 g/mol. The van der Waals surface area contributed by atoms with Crippen molar-refractivity contribution in [1.82, 2.24) is 15.1 Å². The molecule has 1 fully saturated rings. The molecule has 1 rings (SSSR count). The topological polar surface area (TPSA) is 18.5 Å². The minimum atomic E-state index is 0.641. The highest BCUT2D eigenvalue weighted by Crippen LogP contribution is 2.08. The van der Waals surface area contributed by atoms with Gasteiger partial charge in [-0.1, -0.05) is 0 Å². The molecule has 1 aliphatic heterocycles. The van der Waals surface area contributed by atoms with Crippen molar-refractivity contribution in [1.29, 1.82) is 0 Å². The molecule has 0 aromatic carbocycles. The summed E-state index contributed by atoms with van der Waals surface area (Å²) in [7, 11) is 4.29. The molecule has 0 saturated carbocycles. The van der Waals surface area contributed by atoms with Crippen LogP contribution in [0.1, 0.15) is 20.3 Å². The van der Waals surface area contributed by atoms with Gasteiger partial charge in [0.25, 0.3) is 0 Å². The van der Waals surface area contributed by atoms with Gasteiger partial charge in [-0.05, 0) is 40.9 Å². The Labute approximate surface area is 88.5 Å². The van der Waals surface area contributed by atoms with Gasteiger partial charge in [-0.2, -0.15) is 0 Å². The maximum Gasteiger partial charge on any atom is 0.0166 e. The summed E-state index contributed by atoms with van der Waals surface area (Å²) in [5.74, 6) is 0. The van der Waals surface area contributed by atoms with Crippen molar-refractivity contribution in [3.05, 3.63) is 0 Å². The molecule has 0 aliphatic carbocycles. The number of hydrogen-bond donors (Lipinski definition) is 1. The highest BCUT2D eigenvalue weighted by atomic mass is 15.2. The number of rotatable bonds is 3. The summed E-state index contributed by atoms with van der Waals surface area (Å²) >= 11 is 0. The van der Waals surface area contributed by atoms with E-state index in [0.29, 0.717) is 6.04 Å². The van der Waals surface area contributed by atoms with Gasteiger partial charge in [-0.3, -0.25) is 4.90 Å². The van der Waals surface area contributed by atoms with Crippen LogP contribution in [0.25, 0.3) is 0 Å². The zero-order valence-corrected chi connectivity index (χ0v) is 10.1. The van der Waals surface area contributed by atoms with Gasteiger partial charge < -0.3 is 10.2 Å². The first-order chi connectivity index (χ1) is 6.59. The molecule has 0 radical (unpaired) electrons. The molecule has 84 valence electrons. The first-order valence-electron chi connectivity index (χ1n) is 5.71. The van der Waals surface area contributed by atoms with E-state index in [9.17, 15) is 0 Å². The highest BCUT2D eigenvalue weighted by molar-refractivity contribution is 4.78. The van der Waals surface area contributed by atoms with Gasteiger partial charge in [-0.15, -0.1) is 0 Å². The Balaban J connectivity index is 2.38. The van der Waals surface area contributed by atoms with Crippen LogP contribution in [0.5, 0.6) is 0 Å². The zero-order chi connectivity index (χ0) is 10.6. The van der Waals surface area contributed by atoms with Crippen LogP contribution in [0.3, 0.4) is 0 Å². The summed E-state index contributed by atoms with van der Waals surface area (Å²) in [6.07, 6.45) is 1.28. The van der Waals surface area contributed by atoms with Crippen molar-refractivity contribution in [3.63, 3.8) is 0 Å². The molecule has 3 heteroatoms. The van der Waals surface area contributed by atoms with Crippen molar-refractivity contribution < 1.29 is 0 Å². The predicted octanol–water partition coefficient (Wildman–Crippen LogP) is 0.620.